The molecule has 1 atom stereocenters. The second-order valence-corrected chi connectivity index (χ2v) is 5.87. The molecule has 0 aliphatic carbocycles. The number of hydrogen-bond donors (Lipinski definition) is 0. The number of para-hydroxylation sites is 1. The SMILES string of the molecule is ClCc1nc2cccc(Cl)c2n1CCC1CCCCO1. The monoisotopic (exact) mass is 312 g/mol. The van der Waals surface area contributed by atoms with Crippen molar-refractivity contribution in [3.63, 3.8) is 0 Å². The molecule has 1 aromatic carbocycles. The Kier molecular flexibility index (Phi) is 4.49. The molecule has 1 fully saturated rings. The molecule has 0 saturated carbocycles. The van der Waals surface area contributed by atoms with Crippen molar-refractivity contribution in [1.82, 2.24) is 9.55 Å². The zero-order chi connectivity index (χ0) is 13.9. The van der Waals surface area contributed by atoms with Crippen LogP contribution in [0.25, 0.3) is 11.0 Å². The highest BCUT2D eigenvalue weighted by Gasteiger charge is 2.17. The largest absolute Gasteiger partial charge is 0.378 e. The minimum atomic E-state index is 0.354. The molecule has 108 valence electrons. The van der Waals surface area contributed by atoms with Gasteiger partial charge in [0, 0.05) is 13.2 Å². The Bertz CT molecular complexity index is 591. The molecule has 0 spiro atoms. The number of imidazole rings is 1. The van der Waals surface area contributed by atoms with Crippen LogP contribution in [0.5, 0.6) is 0 Å². The standard InChI is InChI=1S/C15H18Cl2N2O/c16-10-14-18-13-6-3-5-12(17)15(13)19(14)8-7-11-4-1-2-9-20-11/h3,5-6,11H,1-2,4,7-10H2. The van der Waals surface area contributed by atoms with E-state index in [0.29, 0.717) is 12.0 Å². The minimum Gasteiger partial charge on any atom is -0.378 e. The Labute approximate surface area is 128 Å². The molecule has 20 heavy (non-hydrogen) atoms. The van der Waals surface area contributed by atoms with Crippen molar-refractivity contribution in [3.8, 4) is 0 Å². The molecule has 0 bridgehead atoms. The first kappa shape index (κ1) is 14.2. The average molecular weight is 313 g/mol. The first-order valence-electron chi connectivity index (χ1n) is 7.11. The molecule has 1 aromatic heterocycles. The van der Waals surface area contributed by atoms with Gasteiger partial charge in [-0.25, -0.2) is 4.98 Å². The second-order valence-electron chi connectivity index (χ2n) is 5.20. The van der Waals surface area contributed by atoms with Gasteiger partial charge in [-0.15, -0.1) is 11.6 Å². The van der Waals surface area contributed by atoms with Crippen LogP contribution in [0.1, 0.15) is 31.5 Å². The van der Waals surface area contributed by atoms with E-state index in [1.165, 1.54) is 12.8 Å². The lowest BCUT2D eigenvalue weighted by atomic mass is 10.1. The number of hydrogen-bond acceptors (Lipinski definition) is 2. The third kappa shape index (κ3) is 2.80. The molecule has 0 N–H and O–H groups in total. The topological polar surface area (TPSA) is 27.1 Å². The quantitative estimate of drug-likeness (QED) is 0.783. The maximum atomic E-state index is 6.32. The summed E-state index contributed by atoms with van der Waals surface area (Å²) in [5.74, 6) is 1.28. The van der Waals surface area contributed by atoms with Gasteiger partial charge in [0.05, 0.1) is 28.0 Å². The fraction of sp³-hybridized carbons (Fsp3) is 0.533. The number of fused-ring (bicyclic) bond motifs is 1. The van der Waals surface area contributed by atoms with Crippen LogP contribution < -0.4 is 0 Å². The van der Waals surface area contributed by atoms with Crippen LogP contribution in [0, 0.1) is 0 Å². The second kappa shape index (κ2) is 6.33. The van der Waals surface area contributed by atoms with Gasteiger partial charge in [0.25, 0.3) is 0 Å². The van der Waals surface area contributed by atoms with E-state index in [1.807, 2.05) is 18.2 Å². The van der Waals surface area contributed by atoms with Gasteiger partial charge in [-0.3, -0.25) is 0 Å². The van der Waals surface area contributed by atoms with Crippen molar-refractivity contribution in [1.29, 1.82) is 0 Å². The van der Waals surface area contributed by atoms with E-state index in [1.54, 1.807) is 0 Å². The molecule has 2 heterocycles. The lowest BCUT2D eigenvalue weighted by Crippen LogP contribution is -2.21. The smallest absolute Gasteiger partial charge is 0.124 e. The predicted octanol–water partition coefficient (Wildman–Crippen LogP) is 4.39. The van der Waals surface area contributed by atoms with E-state index in [4.69, 9.17) is 27.9 Å². The van der Waals surface area contributed by atoms with Crippen LogP contribution in [-0.2, 0) is 17.2 Å². The Morgan fingerprint density at radius 1 is 1.35 bits per heavy atom. The number of aryl methyl sites for hydroxylation is 1. The van der Waals surface area contributed by atoms with Gasteiger partial charge in [-0.2, -0.15) is 0 Å². The van der Waals surface area contributed by atoms with Crippen LogP contribution in [0.15, 0.2) is 18.2 Å². The number of benzene rings is 1. The Balaban J connectivity index is 1.85. The summed E-state index contributed by atoms with van der Waals surface area (Å²) in [6.07, 6.45) is 4.94. The third-order valence-corrected chi connectivity index (χ3v) is 4.41. The number of nitrogens with zero attached hydrogens (tertiary/aromatic N) is 2. The van der Waals surface area contributed by atoms with E-state index < -0.39 is 0 Å². The maximum absolute atomic E-state index is 6.32. The maximum Gasteiger partial charge on any atom is 0.124 e. The number of alkyl halides is 1. The molecular formula is C15H18Cl2N2O. The zero-order valence-corrected chi connectivity index (χ0v) is 12.8. The van der Waals surface area contributed by atoms with Crippen molar-refractivity contribution < 1.29 is 4.74 Å². The van der Waals surface area contributed by atoms with Gasteiger partial charge in [-0.1, -0.05) is 17.7 Å². The molecule has 5 heteroatoms. The van der Waals surface area contributed by atoms with E-state index >= 15 is 0 Å². The van der Waals surface area contributed by atoms with Crippen LogP contribution >= 0.6 is 23.2 Å². The van der Waals surface area contributed by atoms with Crippen molar-refractivity contribution >= 4 is 34.2 Å². The molecular weight excluding hydrogens is 295 g/mol. The van der Waals surface area contributed by atoms with Crippen LogP contribution in [-0.4, -0.2) is 22.3 Å². The fourth-order valence-corrected chi connectivity index (χ4v) is 3.32. The van der Waals surface area contributed by atoms with Gasteiger partial charge < -0.3 is 9.30 Å². The summed E-state index contributed by atoms with van der Waals surface area (Å²) < 4.78 is 7.93. The average Bonchev–Trinajstić information content (AvgIpc) is 2.85. The molecule has 1 unspecified atom stereocenters. The van der Waals surface area contributed by atoms with Crippen LogP contribution in [0.2, 0.25) is 5.02 Å². The predicted molar refractivity (Wildman–Crippen MR) is 82.5 cm³/mol. The summed E-state index contributed by atoms with van der Waals surface area (Å²) in [4.78, 5) is 4.56. The highest BCUT2D eigenvalue weighted by atomic mass is 35.5. The van der Waals surface area contributed by atoms with Gasteiger partial charge in [0.2, 0.25) is 0 Å². The highest BCUT2D eigenvalue weighted by molar-refractivity contribution is 6.35. The third-order valence-electron chi connectivity index (χ3n) is 3.86. The molecule has 1 aliphatic rings. The number of rotatable bonds is 4. The van der Waals surface area contributed by atoms with Crippen molar-refractivity contribution in [2.24, 2.45) is 0 Å². The van der Waals surface area contributed by atoms with Crippen molar-refractivity contribution in [2.45, 2.75) is 44.2 Å². The molecule has 1 aliphatic heterocycles. The number of halogens is 2. The van der Waals surface area contributed by atoms with Crippen LogP contribution in [0.4, 0.5) is 0 Å². The summed E-state index contributed by atoms with van der Waals surface area (Å²) in [7, 11) is 0. The number of aromatic nitrogens is 2. The fourth-order valence-electron chi connectivity index (χ4n) is 2.84. The van der Waals surface area contributed by atoms with E-state index in [-0.39, 0.29) is 0 Å². The normalized spacial score (nSPS) is 19.6. The summed E-state index contributed by atoms with van der Waals surface area (Å²) in [6.45, 7) is 1.74. The lowest BCUT2D eigenvalue weighted by molar-refractivity contribution is 0.00889. The van der Waals surface area contributed by atoms with Gasteiger partial charge in [-0.05, 0) is 37.8 Å². The molecule has 0 amide bonds. The zero-order valence-electron chi connectivity index (χ0n) is 11.3. The summed E-state index contributed by atoms with van der Waals surface area (Å²) in [5.41, 5.74) is 1.90. The highest BCUT2D eigenvalue weighted by Crippen LogP contribution is 2.26. The lowest BCUT2D eigenvalue weighted by Gasteiger charge is -2.23. The van der Waals surface area contributed by atoms with Gasteiger partial charge >= 0.3 is 0 Å². The molecule has 1 saturated heterocycles. The van der Waals surface area contributed by atoms with Crippen LogP contribution in [0.3, 0.4) is 0 Å². The minimum absolute atomic E-state index is 0.354. The molecule has 3 rings (SSSR count). The van der Waals surface area contributed by atoms with E-state index in [9.17, 15) is 0 Å². The Morgan fingerprint density at radius 2 is 2.25 bits per heavy atom. The van der Waals surface area contributed by atoms with E-state index in [2.05, 4.69) is 9.55 Å². The summed E-state index contributed by atoms with van der Waals surface area (Å²) >= 11 is 12.3. The molecule has 2 aromatic rings. The first-order chi connectivity index (χ1) is 9.79. The van der Waals surface area contributed by atoms with E-state index in [0.717, 1.165) is 47.9 Å². The molecule has 0 radical (unpaired) electrons. The summed E-state index contributed by atoms with van der Waals surface area (Å²) in [5, 5.41) is 0.732. The van der Waals surface area contributed by atoms with Crippen molar-refractivity contribution in [3.05, 3.63) is 29.0 Å². The molecule has 3 nitrogen and oxygen atoms in total. The van der Waals surface area contributed by atoms with Gasteiger partial charge in [0.15, 0.2) is 0 Å². The summed E-state index contributed by atoms with van der Waals surface area (Å²) in [6, 6.07) is 5.80. The Hall–Kier alpha value is -0.770. The van der Waals surface area contributed by atoms with Gasteiger partial charge in [0.1, 0.15) is 5.82 Å². The van der Waals surface area contributed by atoms with Crippen molar-refractivity contribution in [2.75, 3.05) is 6.61 Å². The first-order valence-corrected chi connectivity index (χ1v) is 8.02. The Morgan fingerprint density at radius 3 is 3.00 bits per heavy atom. The number of ether oxygens (including phenoxy) is 1.